The highest BCUT2D eigenvalue weighted by molar-refractivity contribution is 8.00. The zero-order valence-electron chi connectivity index (χ0n) is 14.0. The van der Waals surface area contributed by atoms with Gasteiger partial charge in [0.05, 0.1) is 0 Å². The summed E-state index contributed by atoms with van der Waals surface area (Å²) in [5.74, 6) is -0.299. The van der Waals surface area contributed by atoms with Gasteiger partial charge in [-0.05, 0) is 69.6 Å². The Labute approximate surface area is 145 Å². The lowest BCUT2D eigenvalue weighted by atomic mass is 10.1. The van der Waals surface area contributed by atoms with E-state index in [9.17, 15) is 18.0 Å². The highest BCUT2D eigenvalue weighted by Gasteiger charge is 2.29. The number of hydrogen-bond donors (Lipinski definition) is 1. The summed E-state index contributed by atoms with van der Waals surface area (Å²) in [6, 6.07) is 5.39. The maximum atomic E-state index is 12.2. The van der Waals surface area contributed by atoms with E-state index in [1.165, 1.54) is 35.4 Å². The minimum atomic E-state index is -4.32. The van der Waals surface area contributed by atoms with Gasteiger partial charge in [0.2, 0.25) is 0 Å². The molecule has 1 rings (SSSR count). The van der Waals surface area contributed by atoms with Crippen LogP contribution in [0.2, 0.25) is 0 Å². The van der Waals surface area contributed by atoms with Gasteiger partial charge < -0.3 is 5.32 Å². The minimum Gasteiger partial charge on any atom is -0.349 e. The van der Waals surface area contributed by atoms with Crippen molar-refractivity contribution < 1.29 is 18.0 Å². The van der Waals surface area contributed by atoms with Crippen molar-refractivity contribution in [2.45, 2.75) is 44.0 Å². The molecule has 1 amide bonds. The molecule has 0 saturated carbocycles. The van der Waals surface area contributed by atoms with E-state index in [4.69, 9.17) is 0 Å². The van der Waals surface area contributed by atoms with E-state index in [0.717, 1.165) is 12.8 Å². The Morgan fingerprint density at radius 2 is 1.75 bits per heavy atom. The van der Waals surface area contributed by atoms with Crippen LogP contribution in [0.15, 0.2) is 52.5 Å². The van der Waals surface area contributed by atoms with Crippen LogP contribution in [0.5, 0.6) is 0 Å². The summed E-state index contributed by atoms with van der Waals surface area (Å²) in [5, 5.41) is 2.74. The Morgan fingerprint density at radius 3 is 2.29 bits per heavy atom. The largest absolute Gasteiger partial charge is 0.446 e. The first-order valence-electron chi connectivity index (χ1n) is 7.60. The molecular weight excluding hydrogens is 335 g/mol. The Hall–Kier alpha value is -1.69. The van der Waals surface area contributed by atoms with Gasteiger partial charge in [-0.15, -0.1) is 0 Å². The Bertz CT molecular complexity index is 600. The van der Waals surface area contributed by atoms with Gasteiger partial charge >= 0.3 is 5.51 Å². The quantitative estimate of drug-likeness (QED) is 0.499. The van der Waals surface area contributed by atoms with Crippen molar-refractivity contribution in [1.82, 2.24) is 5.32 Å². The van der Waals surface area contributed by atoms with Gasteiger partial charge in [-0.25, -0.2) is 0 Å². The molecule has 0 aliphatic rings. The lowest BCUT2D eigenvalue weighted by molar-refractivity contribution is -0.0328. The highest BCUT2D eigenvalue weighted by Crippen LogP contribution is 2.36. The fourth-order valence-corrected chi connectivity index (χ4v) is 2.46. The van der Waals surface area contributed by atoms with E-state index >= 15 is 0 Å². The second-order valence-corrected chi connectivity index (χ2v) is 6.79. The van der Waals surface area contributed by atoms with Crippen molar-refractivity contribution in [1.29, 1.82) is 0 Å². The number of hydrogen-bond acceptors (Lipinski definition) is 2. The molecule has 132 valence electrons. The number of nitrogens with one attached hydrogen (secondary N) is 1. The normalized spacial score (nSPS) is 12.0. The van der Waals surface area contributed by atoms with Crippen LogP contribution in [-0.2, 0) is 0 Å². The van der Waals surface area contributed by atoms with E-state index in [-0.39, 0.29) is 22.6 Å². The number of benzene rings is 1. The number of alkyl halides is 3. The summed E-state index contributed by atoms with van der Waals surface area (Å²) < 4.78 is 36.7. The van der Waals surface area contributed by atoms with Gasteiger partial charge in [0.25, 0.3) is 5.91 Å². The smallest absolute Gasteiger partial charge is 0.349 e. The van der Waals surface area contributed by atoms with E-state index in [2.05, 4.69) is 25.2 Å². The molecule has 1 aromatic rings. The molecule has 0 unspecified atom stereocenters. The molecule has 0 atom stereocenters. The first kappa shape index (κ1) is 20.4. The second kappa shape index (κ2) is 9.57. The third-order valence-corrected chi connectivity index (χ3v) is 3.89. The summed E-state index contributed by atoms with van der Waals surface area (Å²) in [6.45, 7) is 6.52. The monoisotopic (exact) mass is 357 g/mol. The molecule has 2 nitrogen and oxygen atoms in total. The van der Waals surface area contributed by atoms with E-state index < -0.39 is 5.51 Å². The molecular formula is C18H22F3NOS. The average molecular weight is 357 g/mol. The van der Waals surface area contributed by atoms with Crippen LogP contribution in [0, 0.1) is 0 Å². The first-order valence-corrected chi connectivity index (χ1v) is 8.42. The summed E-state index contributed by atoms with van der Waals surface area (Å²) in [6.07, 6.45) is 6.02. The summed E-state index contributed by atoms with van der Waals surface area (Å²) in [5.41, 5.74) is -1.51. The Kier molecular flexibility index (Phi) is 8.11. The maximum Gasteiger partial charge on any atom is 0.446 e. The fourth-order valence-electron chi connectivity index (χ4n) is 1.92. The van der Waals surface area contributed by atoms with E-state index in [1.807, 2.05) is 13.0 Å². The van der Waals surface area contributed by atoms with E-state index in [1.54, 1.807) is 0 Å². The zero-order valence-corrected chi connectivity index (χ0v) is 14.9. The van der Waals surface area contributed by atoms with Crippen molar-refractivity contribution in [2.75, 3.05) is 6.54 Å². The van der Waals surface area contributed by atoms with Crippen molar-refractivity contribution in [3.05, 3.63) is 53.1 Å². The molecule has 0 spiro atoms. The topological polar surface area (TPSA) is 29.1 Å². The number of amides is 1. The van der Waals surface area contributed by atoms with Gasteiger partial charge in [-0.1, -0.05) is 23.3 Å². The molecule has 0 aromatic heterocycles. The number of thioether (sulfide) groups is 1. The second-order valence-electron chi connectivity index (χ2n) is 5.65. The summed E-state index contributed by atoms with van der Waals surface area (Å²) in [7, 11) is 0. The van der Waals surface area contributed by atoms with Crippen LogP contribution in [0.4, 0.5) is 13.2 Å². The van der Waals surface area contributed by atoms with Crippen LogP contribution in [0.3, 0.4) is 0 Å². The fraction of sp³-hybridized carbons (Fsp3) is 0.389. The molecule has 1 aromatic carbocycles. The molecule has 0 saturated heterocycles. The highest BCUT2D eigenvalue weighted by atomic mass is 32.2. The summed E-state index contributed by atoms with van der Waals surface area (Å²) >= 11 is -0.193. The Balaban J connectivity index is 2.46. The molecule has 1 N–H and O–H groups in total. The van der Waals surface area contributed by atoms with Crippen LogP contribution in [0.25, 0.3) is 0 Å². The van der Waals surface area contributed by atoms with E-state index in [0.29, 0.717) is 12.1 Å². The van der Waals surface area contributed by atoms with Crippen molar-refractivity contribution >= 4 is 17.7 Å². The molecule has 6 heteroatoms. The number of halogens is 3. The SMILES string of the molecule is CC(C)=CCC/C(C)=C/CNC(=O)c1ccc(SC(F)(F)F)cc1. The van der Waals surface area contributed by atoms with Crippen LogP contribution >= 0.6 is 11.8 Å². The first-order chi connectivity index (χ1) is 11.2. The third-order valence-electron chi connectivity index (χ3n) is 3.15. The number of allylic oxidation sites excluding steroid dienone is 3. The van der Waals surface area contributed by atoms with Crippen LogP contribution in [-0.4, -0.2) is 18.0 Å². The standard InChI is InChI=1S/C18H22F3NOS/c1-13(2)5-4-6-14(3)11-12-22-17(23)15-7-9-16(10-8-15)24-18(19,20)21/h5,7-11H,4,6,12H2,1-3H3,(H,22,23)/b14-11+. The molecule has 0 fully saturated rings. The van der Waals surface area contributed by atoms with Gasteiger partial charge in [-0.2, -0.15) is 13.2 Å². The van der Waals surface area contributed by atoms with Crippen LogP contribution < -0.4 is 5.32 Å². The number of rotatable bonds is 7. The number of carbonyl (C=O) groups excluding carboxylic acids is 1. The molecule has 0 bridgehead atoms. The van der Waals surface area contributed by atoms with Crippen molar-refractivity contribution in [3.8, 4) is 0 Å². The van der Waals surface area contributed by atoms with Gasteiger partial charge in [0, 0.05) is 17.0 Å². The lowest BCUT2D eigenvalue weighted by Crippen LogP contribution is -2.23. The predicted molar refractivity (Wildman–Crippen MR) is 93.1 cm³/mol. The summed E-state index contributed by atoms with van der Waals surface area (Å²) in [4.78, 5) is 12.0. The molecule has 0 heterocycles. The van der Waals surface area contributed by atoms with Gasteiger partial charge in [-0.3, -0.25) is 4.79 Å². The molecule has 0 radical (unpaired) electrons. The maximum absolute atomic E-state index is 12.2. The Morgan fingerprint density at radius 1 is 1.12 bits per heavy atom. The van der Waals surface area contributed by atoms with Crippen molar-refractivity contribution in [2.24, 2.45) is 0 Å². The zero-order chi connectivity index (χ0) is 18.2. The minimum absolute atomic E-state index is 0.0639. The average Bonchev–Trinajstić information content (AvgIpc) is 2.45. The molecule has 0 aliphatic carbocycles. The van der Waals surface area contributed by atoms with Gasteiger partial charge in [0.15, 0.2) is 0 Å². The number of carbonyl (C=O) groups is 1. The van der Waals surface area contributed by atoms with Crippen LogP contribution in [0.1, 0.15) is 44.0 Å². The lowest BCUT2D eigenvalue weighted by Gasteiger charge is -2.07. The molecule has 0 aliphatic heterocycles. The third kappa shape index (κ3) is 8.82. The molecule has 24 heavy (non-hydrogen) atoms. The van der Waals surface area contributed by atoms with Crippen molar-refractivity contribution in [3.63, 3.8) is 0 Å². The predicted octanol–water partition coefficient (Wildman–Crippen LogP) is 5.72. The van der Waals surface area contributed by atoms with Gasteiger partial charge in [0.1, 0.15) is 0 Å².